The molecule has 0 radical (unpaired) electrons. The Hall–Kier alpha value is -2.14. The second-order valence-corrected chi connectivity index (χ2v) is 4.49. The highest BCUT2D eigenvalue weighted by atomic mass is 19.1. The average Bonchev–Trinajstić information content (AvgIpc) is 2.48. The minimum absolute atomic E-state index is 0.0660. The van der Waals surface area contributed by atoms with Gasteiger partial charge in [0.15, 0.2) is 11.5 Å². The van der Waals surface area contributed by atoms with Gasteiger partial charge in [0.05, 0.1) is 19.8 Å². The van der Waals surface area contributed by atoms with Gasteiger partial charge in [-0.1, -0.05) is 6.07 Å². The molecule has 0 fully saturated rings. The van der Waals surface area contributed by atoms with Gasteiger partial charge in [-0.15, -0.1) is 0 Å². The highest BCUT2D eigenvalue weighted by Gasteiger charge is 2.18. The Labute approximate surface area is 122 Å². The van der Waals surface area contributed by atoms with Crippen molar-refractivity contribution in [2.24, 2.45) is 0 Å². The van der Waals surface area contributed by atoms with Crippen molar-refractivity contribution >= 4 is 0 Å². The first-order valence-corrected chi connectivity index (χ1v) is 6.46. The number of benzene rings is 2. The van der Waals surface area contributed by atoms with E-state index in [1.807, 2.05) is 0 Å². The van der Waals surface area contributed by atoms with Crippen molar-refractivity contribution in [2.45, 2.75) is 6.54 Å². The van der Waals surface area contributed by atoms with Crippen molar-refractivity contribution in [2.75, 3.05) is 21.3 Å². The maximum absolute atomic E-state index is 14.0. The molecule has 0 aliphatic heterocycles. The van der Waals surface area contributed by atoms with E-state index in [9.17, 15) is 8.78 Å². The van der Waals surface area contributed by atoms with Crippen LogP contribution in [-0.2, 0) is 6.54 Å². The van der Waals surface area contributed by atoms with Gasteiger partial charge in [0, 0.05) is 6.54 Å². The van der Waals surface area contributed by atoms with E-state index in [-0.39, 0.29) is 5.56 Å². The molecule has 1 N–H and O–H groups in total. The van der Waals surface area contributed by atoms with Crippen LogP contribution in [0.3, 0.4) is 0 Å². The summed E-state index contributed by atoms with van der Waals surface area (Å²) in [5.74, 6) is -0.280. The molecule has 3 nitrogen and oxygen atoms in total. The lowest BCUT2D eigenvalue weighted by atomic mass is 9.97. The molecule has 21 heavy (non-hydrogen) atoms. The van der Waals surface area contributed by atoms with Crippen molar-refractivity contribution in [1.82, 2.24) is 5.32 Å². The van der Waals surface area contributed by atoms with Crippen LogP contribution in [0.15, 0.2) is 30.3 Å². The highest BCUT2D eigenvalue weighted by molar-refractivity contribution is 5.72. The topological polar surface area (TPSA) is 30.5 Å². The zero-order valence-corrected chi connectivity index (χ0v) is 12.2. The van der Waals surface area contributed by atoms with Gasteiger partial charge in [0.1, 0.15) is 11.6 Å². The Bertz CT molecular complexity index is 624. The number of methoxy groups -OCH3 is 2. The first-order chi connectivity index (χ1) is 10.1. The molecule has 2 aromatic rings. The molecule has 112 valence electrons. The summed E-state index contributed by atoms with van der Waals surface area (Å²) >= 11 is 0. The van der Waals surface area contributed by atoms with Crippen LogP contribution in [0.4, 0.5) is 8.78 Å². The molecule has 0 amide bonds. The van der Waals surface area contributed by atoms with Crippen molar-refractivity contribution in [3.8, 4) is 22.6 Å². The average molecular weight is 293 g/mol. The number of hydrogen-bond acceptors (Lipinski definition) is 3. The molecule has 0 saturated heterocycles. The van der Waals surface area contributed by atoms with Crippen LogP contribution in [0.2, 0.25) is 0 Å². The highest BCUT2D eigenvalue weighted by Crippen LogP contribution is 2.37. The SMILES string of the molecule is CNCc1cc(OC)c(OC)cc1-c1c(F)cccc1F. The van der Waals surface area contributed by atoms with Crippen LogP contribution in [0.25, 0.3) is 11.1 Å². The van der Waals surface area contributed by atoms with Gasteiger partial charge < -0.3 is 14.8 Å². The standard InChI is InChI=1S/C16H17F2NO2/c1-19-9-10-7-14(20-2)15(21-3)8-11(10)16-12(17)5-4-6-13(16)18/h4-8,19H,9H2,1-3H3. The minimum atomic E-state index is -0.612. The van der Waals surface area contributed by atoms with Gasteiger partial charge in [-0.3, -0.25) is 0 Å². The molecule has 0 bridgehead atoms. The summed E-state index contributed by atoms with van der Waals surface area (Å²) < 4.78 is 38.5. The van der Waals surface area contributed by atoms with Gasteiger partial charge in [-0.25, -0.2) is 8.78 Å². The van der Waals surface area contributed by atoms with E-state index in [1.165, 1.54) is 32.4 Å². The smallest absolute Gasteiger partial charge is 0.161 e. The van der Waals surface area contributed by atoms with Gasteiger partial charge in [0.2, 0.25) is 0 Å². The fourth-order valence-electron chi connectivity index (χ4n) is 2.25. The summed E-state index contributed by atoms with van der Waals surface area (Å²) in [6.07, 6.45) is 0. The molecular weight excluding hydrogens is 276 g/mol. The van der Waals surface area contributed by atoms with E-state index in [0.29, 0.717) is 23.6 Å². The first-order valence-electron chi connectivity index (χ1n) is 6.46. The molecule has 0 aromatic heterocycles. The molecule has 0 saturated carbocycles. The van der Waals surface area contributed by atoms with Crippen LogP contribution in [0.5, 0.6) is 11.5 Å². The van der Waals surface area contributed by atoms with Crippen molar-refractivity contribution in [3.63, 3.8) is 0 Å². The van der Waals surface area contributed by atoms with Crippen LogP contribution in [0.1, 0.15) is 5.56 Å². The van der Waals surface area contributed by atoms with E-state index in [0.717, 1.165) is 5.56 Å². The third-order valence-electron chi connectivity index (χ3n) is 3.21. The van der Waals surface area contributed by atoms with Gasteiger partial charge >= 0.3 is 0 Å². The summed E-state index contributed by atoms with van der Waals surface area (Å²) in [5, 5.41) is 2.98. The Morgan fingerprint density at radius 2 is 1.57 bits per heavy atom. The van der Waals surface area contributed by atoms with Crippen LogP contribution in [0, 0.1) is 11.6 Å². The predicted octanol–water partition coefficient (Wildman–Crippen LogP) is 3.37. The summed E-state index contributed by atoms with van der Waals surface area (Å²) in [5.41, 5.74) is 1.10. The predicted molar refractivity (Wildman–Crippen MR) is 77.7 cm³/mol. The van der Waals surface area contributed by atoms with Gasteiger partial charge in [-0.05, 0) is 42.4 Å². The molecule has 0 spiro atoms. The summed E-state index contributed by atoms with van der Waals surface area (Å²) in [6, 6.07) is 7.12. The minimum Gasteiger partial charge on any atom is -0.493 e. The zero-order chi connectivity index (χ0) is 15.4. The number of nitrogens with one attached hydrogen (secondary N) is 1. The van der Waals surface area contributed by atoms with Crippen LogP contribution < -0.4 is 14.8 Å². The van der Waals surface area contributed by atoms with E-state index >= 15 is 0 Å². The molecular formula is C16H17F2NO2. The molecule has 2 aromatic carbocycles. The molecule has 2 rings (SSSR count). The quantitative estimate of drug-likeness (QED) is 0.917. The van der Waals surface area contributed by atoms with Gasteiger partial charge in [-0.2, -0.15) is 0 Å². The maximum Gasteiger partial charge on any atom is 0.161 e. The Morgan fingerprint density at radius 1 is 1.00 bits per heavy atom. The van der Waals surface area contributed by atoms with Gasteiger partial charge in [0.25, 0.3) is 0 Å². The number of hydrogen-bond donors (Lipinski definition) is 1. The number of rotatable bonds is 5. The molecule has 0 aliphatic carbocycles. The summed E-state index contributed by atoms with van der Waals surface area (Å²) in [4.78, 5) is 0. The second-order valence-electron chi connectivity index (χ2n) is 4.49. The second kappa shape index (κ2) is 6.54. The van der Waals surface area contributed by atoms with Crippen molar-refractivity contribution < 1.29 is 18.3 Å². The fraction of sp³-hybridized carbons (Fsp3) is 0.250. The maximum atomic E-state index is 14.0. The lowest BCUT2D eigenvalue weighted by molar-refractivity contribution is 0.354. The Morgan fingerprint density at radius 3 is 2.10 bits per heavy atom. The van der Waals surface area contributed by atoms with E-state index in [4.69, 9.17) is 9.47 Å². The summed E-state index contributed by atoms with van der Waals surface area (Å²) in [6.45, 7) is 0.448. The van der Waals surface area contributed by atoms with Crippen molar-refractivity contribution in [1.29, 1.82) is 0 Å². The third-order valence-corrected chi connectivity index (χ3v) is 3.21. The van der Waals surface area contributed by atoms with Crippen molar-refractivity contribution in [3.05, 3.63) is 47.5 Å². The lowest BCUT2D eigenvalue weighted by Crippen LogP contribution is -2.08. The van der Waals surface area contributed by atoms with Crippen LogP contribution >= 0.6 is 0 Å². The number of ether oxygens (including phenoxy) is 2. The van der Waals surface area contributed by atoms with E-state index in [2.05, 4.69) is 5.32 Å². The molecule has 5 heteroatoms. The normalized spacial score (nSPS) is 10.5. The fourth-order valence-corrected chi connectivity index (χ4v) is 2.25. The zero-order valence-electron chi connectivity index (χ0n) is 12.2. The Kier molecular flexibility index (Phi) is 4.75. The van der Waals surface area contributed by atoms with Crippen LogP contribution in [-0.4, -0.2) is 21.3 Å². The molecule has 0 aliphatic rings. The third kappa shape index (κ3) is 2.97. The first kappa shape index (κ1) is 15.3. The number of halogens is 2. The largest absolute Gasteiger partial charge is 0.493 e. The van der Waals surface area contributed by atoms with E-state index in [1.54, 1.807) is 19.2 Å². The molecule has 0 atom stereocenters. The Balaban J connectivity index is 2.71. The summed E-state index contributed by atoms with van der Waals surface area (Å²) in [7, 11) is 4.76. The monoisotopic (exact) mass is 293 g/mol. The van der Waals surface area contributed by atoms with E-state index < -0.39 is 11.6 Å². The lowest BCUT2D eigenvalue weighted by Gasteiger charge is -2.16. The molecule has 0 unspecified atom stereocenters. The molecule has 0 heterocycles.